The van der Waals surface area contributed by atoms with Crippen LogP contribution in [-0.2, 0) is 6.42 Å². The fraction of sp³-hybridized carbons (Fsp3) is 0.500. The average molecular weight is 346 g/mol. The Labute approximate surface area is 125 Å². The Hall–Kier alpha value is -0.610. The normalized spacial score (nSPS) is 22.7. The lowest BCUT2D eigenvalue weighted by Gasteiger charge is -2.35. The number of aromatic nitrogens is 2. The molecule has 3 rings (SSSR count). The van der Waals surface area contributed by atoms with Gasteiger partial charge in [-0.15, -0.1) is 11.6 Å². The maximum Gasteiger partial charge on any atom is 0.139 e. The third kappa shape index (κ3) is 2.29. The van der Waals surface area contributed by atoms with Gasteiger partial charge in [0.2, 0.25) is 0 Å². The molecule has 1 aliphatic carbocycles. The van der Waals surface area contributed by atoms with Crippen LogP contribution in [0.3, 0.4) is 0 Å². The van der Waals surface area contributed by atoms with Gasteiger partial charge < -0.3 is 4.57 Å². The Morgan fingerprint density at radius 1 is 1.47 bits per heavy atom. The van der Waals surface area contributed by atoms with Gasteiger partial charge in [-0.2, -0.15) is 0 Å². The highest BCUT2D eigenvalue weighted by atomic mass is 79.9. The number of aryl methyl sites for hydroxylation is 1. The van der Waals surface area contributed by atoms with Gasteiger partial charge >= 0.3 is 0 Å². The van der Waals surface area contributed by atoms with Crippen molar-refractivity contribution in [3.05, 3.63) is 28.2 Å². The number of hydrogen-bond donors (Lipinski definition) is 0. The average Bonchev–Trinajstić information content (AvgIpc) is 2.64. The summed E-state index contributed by atoms with van der Waals surface area (Å²) < 4.78 is 16.4. The molecule has 0 spiro atoms. The van der Waals surface area contributed by atoms with E-state index in [1.54, 1.807) is 0 Å². The smallest absolute Gasteiger partial charge is 0.139 e. The number of imidazole rings is 1. The third-order valence-electron chi connectivity index (χ3n) is 3.84. The highest BCUT2D eigenvalue weighted by Gasteiger charge is 2.30. The van der Waals surface area contributed by atoms with Crippen molar-refractivity contribution in [3.63, 3.8) is 0 Å². The lowest BCUT2D eigenvalue weighted by molar-refractivity contribution is 0.217. The molecule has 0 atom stereocenters. The summed E-state index contributed by atoms with van der Waals surface area (Å²) in [5.41, 5.74) is 1.73. The minimum Gasteiger partial charge on any atom is -0.325 e. The van der Waals surface area contributed by atoms with Crippen LogP contribution in [0.25, 0.3) is 11.0 Å². The van der Waals surface area contributed by atoms with Gasteiger partial charge in [0.15, 0.2) is 0 Å². The van der Waals surface area contributed by atoms with E-state index in [9.17, 15) is 4.39 Å². The third-order valence-corrected chi connectivity index (χ3v) is 4.63. The minimum atomic E-state index is -0.267. The molecule has 1 heterocycles. The van der Waals surface area contributed by atoms with Gasteiger partial charge in [0.05, 0.1) is 15.5 Å². The highest BCUT2D eigenvalue weighted by Crippen LogP contribution is 2.40. The molecule has 1 fully saturated rings. The van der Waals surface area contributed by atoms with Crippen LogP contribution in [0.5, 0.6) is 0 Å². The molecule has 19 heavy (non-hydrogen) atoms. The van der Waals surface area contributed by atoms with Crippen molar-refractivity contribution >= 4 is 38.6 Å². The molecule has 0 saturated heterocycles. The summed E-state index contributed by atoms with van der Waals surface area (Å²) in [5.74, 6) is 2.00. The summed E-state index contributed by atoms with van der Waals surface area (Å²) in [4.78, 5) is 4.55. The summed E-state index contributed by atoms with van der Waals surface area (Å²) in [6.45, 7) is 2.26. The predicted octanol–water partition coefficient (Wildman–Crippen LogP) is 4.69. The zero-order chi connectivity index (χ0) is 13.6. The molecule has 1 aliphatic rings. The second-order valence-corrected chi connectivity index (χ2v) is 6.55. The van der Waals surface area contributed by atoms with Crippen LogP contribution < -0.4 is 0 Å². The Kier molecular flexibility index (Phi) is 3.56. The molecule has 0 unspecified atom stereocenters. The van der Waals surface area contributed by atoms with Crippen LogP contribution in [0.4, 0.5) is 4.39 Å². The van der Waals surface area contributed by atoms with Crippen LogP contribution >= 0.6 is 27.5 Å². The standard InChI is InChI=1S/C14H15BrClFN2/c1-8-4-9(5-8)19-13-6-10(15)11(17)7-12(13)18-14(19)2-3-16/h6-9H,2-5H2,1H3. The van der Waals surface area contributed by atoms with Gasteiger partial charge in [-0.05, 0) is 40.8 Å². The predicted molar refractivity (Wildman–Crippen MR) is 79.3 cm³/mol. The molecule has 1 aromatic heterocycles. The number of benzene rings is 1. The van der Waals surface area contributed by atoms with E-state index in [1.165, 1.54) is 6.07 Å². The first-order valence-corrected chi connectivity index (χ1v) is 7.84. The fourth-order valence-corrected chi connectivity index (χ4v) is 3.38. The number of halogens is 3. The molecule has 0 aliphatic heterocycles. The molecule has 0 radical (unpaired) electrons. The summed E-state index contributed by atoms with van der Waals surface area (Å²) in [6, 6.07) is 3.81. The molecule has 5 heteroatoms. The van der Waals surface area contributed by atoms with Gasteiger partial charge in [0.1, 0.15) is 11.6 Å². The monoisotopic (exact) mass is 344 g/mol. The molecule has 0 amide bonds. The Morgan fingerprint density at radius 3 is 2.84 bits per heavy atom. The molecule has 0 N–H and O–H groups in total. The van der Waals surface area contributed by atoms with E-state index < -0.39 is 0 Å². The zero-order valence-electron chi connectivity index (χ0n) is 10.7. The Bertz CT molecular complexity index is 619. The van der Waals surface area contributed by atoms with E-state index in [4.69, 9.17) is 11.6 Å². The number of alkyl halides is 1. The zero-order valence-corrected chi connectivity index (χ0v) is 13.0. The first kappa shape index (κ1) is 13.4. The van der Waals surface area contributed by atoms with Gasteiger partial charge in [-0.1, -0.05) is 6.92 Å². The molecule has 1 saturated carbocycles. The van der Waals surface area contributed by atoms with Crippen LogP contribution in [-0.4, -0.2) is 15.4 Å². The molecule has 0 bridgehead atoms. The molecular formula is C14H15BrClFN2. The van der Waals surface area contributed by atoms with E-state index in [-0.39, 0.29) is 5.82 Å². The maximum absolute atomic E-state index is 13.6. The van der Waals surface area contributed by atoms with E-state index in [2.05, 4.69) is 32.4 Å². The lowest BCUT2D eigenvalue weighted by Crippen LogP contribution is -2.26. The minimum absolute atomic E-state index is 0.267. The van der Waals surface area contributed by atoms with E-state index in [0.29, 0.717) is 16.4 Å². The quantitative estimate of drug-likeness (QED) is 0.738. The van der Waals surface area contributed by atoms with Gasteiger partial charge in [0, 0.05) is 24.4 Å². The van der Waals surface area contributed by atoms with Crippen LogP contribution in [0.15, 0.2) is 16.6 Å². The summed E-state index contributed by atoms with van der Waals surface area (Å²) in [6.07, 6.45) is 3.05. The molecule has 1 aromatic carbocycles. The Balaban J connectivity index is 2.14. The maximum atomic E-state index is 13.6. The summed E-state index contributed by atoms with van der Waals surface area (Å²) in [5, 5.41) is 0. The summed E-state index contributed by atoms with van der Waals surface area (Å²) >= 11 is 9.11. The van der Waals surface area contributed by atoms with Gasteiger partial charge in [-0.3, -0.25) is 0 Å². The van der Waals surface area contributed by atoms with E-state index in [0.717, 1.165) is 42.0 Å². The lowest BCUT2D eigenvalue weighted by atomic mass is 9.81. The van der Waals surface area contributed by atoms with E-state index >= 15 is 0 Å². The first-order chi connectivity index (χ1) is 9.10. The van der Waals surface area contributed by atoms with Crippen LogP contribution in [0.2, 0.25) is 0 Å². The number of fused-ring (bicyclic) bond motifs is 1. The molecule has 2 aromatic rings. The fourth-order valence-electron chi connectivity index (χ4n) is 2.88. The van der Waals surface area contributed by atoms with Crippen molar-refractivity contribution in [1.82, 2.24) is 9.55 Å². The SMILES string of the molecule is CC1CC(n2c(CCCl)nc3cc(F)c(Br)cc32)C1. The Morgan fingerprint density at radius 2 is 2.21 bits per heavy atom. The molecule has 2 nitrogen and oxygen atoms in total. The van der Waals surface area contributed by atoms with Crippen molar-refractivity contribution in [1.29, 1.82) is 0 Å². The number of hydrogen-bond acceptors (Lipinski definition) is 1. The van der Waals surface area contributed by atoms with Gasteiger partial charge in [-0.25, -0.2) is 9.37 Å². The van der Waals surface area contributed by atoms with Crippen molar-refractivity contribution in [2.24, 2.45) is 5.92 Å². The number of rotatable bonds is 3. The van der Waals surface area contributed by atoms with E-state index in [1.807, 2.05) is 6.07 Å². The van der Waals surface area contributed by atoms with Crippen molar-refractivity contribution in [2.75, 3.05) is 5.88 Å². The summed E-state index contributed by atoms with van der Waals surface area (Å²) in [7, 11) is 0. The van der Waals surface area contributed by atoms with Crippen molar-refractivity contribution in [3.8, 4) is 0 Å². The second-order valence-electron chi connectivity index (χ2n) is 5.32. The largest absolute Gasteiger partial charge is 0.325 e. The second kappa shape index (κ2) is 5.06. The highest BCUT2D eigenvalue weighted by molar-refractivity contribution is 9.10. The van der Waals surface area contributed by atoms with Crippen LogP contribution in [0, 0.1) is 11.7 Å². The van der Waals surface area contributed by atoms with Crippen molar-refractivity contribution in [2.45, 2.75) is 32.2 Å². The van der Waals surface area contributed by atoms with Gasteiger partial charge in [0.25, 0.3) is 0 Å². The first-order valence-electron chi connectivity index (χ1n) is 6.52. The van der Waals surface area contributed by atoms with Crippen LogP contribution in [0.1, 0.15) is 31.6 Å². The molecule has 102 valence electrons. The van der Waals surface area contributed by atoms with Crippen molar-refractivity contribution < 1.29 is 4.39 Å². The topological polar surface area (TPSA) is 17.8 Å². The molecular weight excluding hydrogens is 331 g/mol. The number of nitrogens with zero attached hydrogens (tertiary/aromatic N) is 2.